The van der Waals surface area contributed by atoms with Crippen LogP contribution in [0.4, 0.5) is 5.13 Å². The topological polar surface area (TPSA) is 56.7 Å². The molecule has 1 aromatic carbocycles. The Bertz CT molecular complexity index is 777. The van der Waals surface area contributed by atoms with Gasteiger partial charge < -0.3 is 10.3 Å². The zero-order valence-corrected chi connectivity index (χ0v) is 13.0. The van der Waals surface area contributed by atoms with Crippen LogP contribution in [0.5, 0.6) is 0 Å². The molecule has 0 saturated heterocycles. The molecule has 2 heterocycles. The molecule has 0 unspecified atom stereocenters. The first-order chi connectivity index (χ1) is 9.36. The lowest BCUT2D eigenvalue weighted by molar-refractivity contribution is 0.400. The third-order valence-electron chi connectivity index (χ3n) is 3.30. The summed E-state index contributed by atoms with van der Waals surface area (Å²) in [6.45, 7) is 8.63. The molecule has 0 radical (unpaired) electrons. The lowest BCUT2D eigenvalue weighted by Crippen LogP contribution is -2.22. The first-order valence-electron chi connectivity index (χ1n) is 6.57. The standard InChI is InChI=1S/C15H18N4S/c1-9-18-11-6-5-10(13-8-17-14(16)20-13)7-12(11)19(9)15(2,3)4/h5-8H,1-4H3,(H2,16,17). The molecule has 3 aromatic rings. The molecule has 2 aromatic heterocycles. The minimum absolute atomic E-state index is 0.00415. The van der Waals surface area contributed by atoms with Crippen molar-refractivity contribution >= 4 is 27.5 Å². The fourth-order valence-corrected chi connectivity index (χ4v) is 3.30. The van der Waals surface area contributed by atoms with Gasteiger partial charge in [-0.1, -0.05) is 17.4 Å². The molecule has 5 heteroatoms. The maximum absolute atomic E-state index is 5.72. The lowest BCUT2D eigenvalue weighted by Gasteiger charge is -2.23. The molecule has 4 nitrogen and oxygen atoms in total. The van der Waals surface area contributed by atoms with Gasteiger partial charge in [-0.15, -0.1) is 0 Å². The second-order valence-corrected chi connectivity index (χ2v) is 6.99. The molecule has 3 rings (SSSR count). The van der Waals surface area contributed by atoms with E-state index in [-0.39, 0.29) is 5.54 Å². The molecule has 0 aliphatic heterocycles. The number of nitrogen functional groups attached to an aromatic ring is 1. The summed E-state index contributed by atoms with van der Waals surface area (Å²) in [5.74, 6) is 1.04. The molecule has 0 fully saturated rings. The highest BCUT2D eigenvalue weighted by atomic mass is 32.1. The Morgan fingerprint density at radius 2 is 2.00 bits per heavy atom. The zero-order valence-electron chi connectivity index (χ0n) is 12.1. The van der Waals surface area contributed by atoms with Gasteiger partial charge in [0.2, 0.25) is 0 Å². The highest BCUT2D eigenvalue weighted by molar-refractivity contribution is 7.18. The normalized spacial score (nSPS) is 12.2. The number of benzene rings is 1. The number of imidazole rings is 1. The monoisotopic (exact) mass is 286 g/mol. The van der Waals surface area contributed by atoms with Crippen LogP contribution < -0.4 is 5.73 Å². The van der Waals surface area contributed by atoms with E-state index in [1.807, 2.05) is 6.20 Å². The van der Waals surface area contributed by atoms with Gasteiger partial charge in [0.1, 0.15) is 5.82 Å². The third kappa shape index (κ3) is 2.08. The second kappa shape index (κ2) is 4.31. The highest BCUT2D eigenvalue weighted by Gasteiger charge is 2.19. The van der Waals surface area contributed by atoms with Gasteiger partial charge in [0.25, 0.3) is 0 Å². The van der Waals surface area contributed by atoms with E-state index in [2.05, 4.69) is 60.4 Å². The SMILES string of the molecule is Cc1nc2ccc(-c3cnc(N)s3)cc2n1C(C)(C)C. The molecule has 0 aliphatic carbocycles. The van der Waals surface area contributed by atoms with E-state index in [0.717, 1.165) is 27.3 Å². The fourth-order valence-electron chi connectivity index (χ4n) is 2.62. The van der Waals surface area contributed by atoms with E-state index in [4.69, 9.17) is 5.73 Å². The Hall–Kier alpha value is -1.88. The molecule has 0 spiro atoms. The van der Waals surface area contributed by atoms with E-state index in [1.54, 1.807) is 0 Å². The quantitative estimate of drug-likeness (QED) is 0.740. The van der Waals surface area contributed by atoms with Crippen LogP contribution >= 0.6 is 11.3 Å². The van der Waals surface area contributed by atoms with Crippen LogP contribution in [-0.2, 0) is 5.54 Å². The van der Waals surface area contributed by atoms with Gasteiger partial charge in [0.15, 0.2) is 5.13 Å². The first kappa shape index (κ1) is 13.1. The predicted octanol–water partition coefficient (Wildman–Crippen LogP) is 3.81. The van der Waals surface area contributed by atoms with Crippen molar-refractivity contribution < 1.29 is 0 Å². The fraction of sp³-hybridized carbons (Fsp3) is 0.333. The Morgan fingerprint density at radius 1 is 1.25 bits per heavy atom. The number of hydrogen-bond donors (Lipinski definition) is 1. The van der Waals surface area contributed by atoms with E-state index in [0.29, 0.717) is 5.13 Å². The maximum Gasteiger partial charge on any atom is 0.180 e. The summed E-state index contributed by atoms with van der Waals surface area (Å²) in [6.07, 6.45) is 1.83. The van der Waals surface area contributed by atoms with Gasteiger partial charge >= 0.3 is 0 Å². The molecule has 0 amide bonds. The van der Waals surface area contributed by atoms with E-state index >= 15 is 0 Å². The number of fused-ring (bicyclic) bond motifs is 1. The molecular formula is C15H18N4S. The van der Waals surface area contributed by atoms with Crippen LogP contribution in [0.2, 0.25) is 0 Å². The van der Waals surface area contributed by atoms with Crippen molar-refractivity contribution in [3.63, 3.8) is 0 Å². The lowest BCUT2D eigenvalue weighted by atomic mass is 10.1. The first-order valence-corrected chi connectivity index (χ1v) is 7.39. The second-order valence-electron chi connectivity index (χ2n) is 5.93. The molecular weight excluding hydrogens is 268 g/mol. The molecule has 0 aliphatic rings. The number of aryl methyl sites for hydroxylation is 1. The zero-order chi connectivity index (χ0) is 14.5. The summed E-state index contributed by atoms with van der Waals surface area (Å²) in [4.78, 5) is 9.86. The van der Waals surface area contributed by atoms with Crippen molar-refractivity contribution in [2.24, 2.45) is 0 Å². The predicted molar refractivity (Wildman–Crippen MR) is 85.0 cm³/mol. The Kier molecular flexibility index (Phi) is 2.83. The minimum atomic E-state index is 0.00415. The number of thiazole rings is 1. The summed E-state index contributed by atoms with van der Waals surface area (Å²) in [5, 5.41) is 0.598. The summed E-state index contributed by atoms with van der Waals surface area (Å²) < 4.78 is 2.27. The van der Waals surface area contributed by atoms with Gasteiger partial charge in [-0.25, -0.2) is 9.97 Å². The van der Waals surface area contributed by atoms with Crippen LogP contribution in [0.15, 0.2) is 24.4 Å². The number of nitrogens with zero attached hydrogens (tertiary/aromatic N) is 3. The molecule has 0 saturated carbocycles. The van der Waals surface area contributed by atoms with Crippen LogP contribution in [0.3, 0.4) is 0 Å². The molecule has 2 N–H and O–H groups in total. The minimum Gasteiger partial charge on any atom is -0.375 e. The van der Waals surface area contributed by atoms with Gasteiger partial charge in [-0.3, -0.25) is 0 Å². The number of hydrogen-bond acceptors (Lipinski definition) is 4. The van der Waals surface area contributed by atoms with Crippen LogP contribution in [0, 0.1) is 6.92 Å². The Morgan fingerprint density at radius 3 is 2.60 bits per heavy atom. The van der Waals surface area contributed by atoms with E-state index in [9.17, 15) is 0 Å². The molecule has 20 heavy (non-hydrogen) atoms. The van der Waals surface area contributed by atoms with E-state index < -0.39 is 0 Å². The summed E-state index contributed by atoms with van der Waals surface area (Å²) >= 11 is 1.51. The van der Waals surface area contributed by atoms with E-state index in [1.165, 1.54) is 11.3 Å². The van der Waals surface area contributed by atoms with Crippen molar-refractivity contribution in [1.29, 1.82) is 0 Å². The maximum atomic E-state index is 5.72. The van der Waals surface area contributed by atoms with Gasteiger partial charge in [0, 0.05) is 11.7 Å². The molecule has 0 atom stereocenters. The summed E-state index contributed by atoms with van der Waals surface area (Å²) in [7, 11) is 0. The van der Waals surface area contributed by atoms with Crippen LogP contribution in [0.25, 0.3) is 21.5 Å². The number of nitrogens with two attached hydrogens (primary N) is 1. The summed E-state index contributed by atoms with van der Waals surface area (Å²) in [5.41, 5.74) is 9.04. The van der Waals surface area contributed by atoms with Crippen molar-refractivity contribution in [2.45, 2.75) is 33.2 Å². The summed E-state index contributed by atoms with van der Waals surface area (Å²) in [6, 6.07) is 6.32. The highest BCUT2D eigenvalue weighted by Crippen LogP contribution is 2.32. The number of aromatic nitrogens is 3. The van der Waals surface area contributed by atoms with Gasteiger partial charge in [-0.2, -0.15) is 0 Å². The van der Waals surface area contributed by atoms with Crippen LogP contribution in [-0.4, -0.2) is 14.5 Å². The average molecular weight is 286 g/mol. The third-order valence-corrected chi connectivity index (χ3v) is 4.18. The van der Waals surface area contributed by atoms with Crippen molar-refractivity contribution in [3.8, 4) is 10.4 Å². The largest absolute Gasteiger partial charge is 0.375 e. The molecule has 0 bridgehead atoms. The van der Waals surface area contributed by atoms with Crippen molar-refractivity contribution in [3.05, 3.63) is 30.2 Å². The van der Waals surface area contributed by atoms with Gasteiger partial charge in [0.05, 0.1) is 15.9 Å². The Balaban J connectivity index is 2.24. The smallest absolute Gasteiger partial charge is 0.180 e. The number of rotatable bonds is 1. The molecule has 104 valence electrons. The average Bonchev–Trinajstić information content (AvgIpc) is 2.89. The van der Waals surface area contributed by atoms with Gasteiger partial charge in [-0.05, 0) is 45.4 Å². The van der Waals surface area contributed by atoms with Crippen molar-refractivity contribution in [2.75, 3.05) is 5.73 Å². The number of anilines is 1. The van der Waals surface area contributed by atoms with Crippen molar-refractivity contribution in [1.82, 2.24) is 14.5 Å². The Labute approximate surface area is 122 Å². The van der Waals surface area contributed by atoms with Crippen LogP contribution in [0.1, 0.15) is 26.6 Å².